The fraction of sp³-hybridized carbons (Fsp3) is 0.263. The van der Waals surface area contributed by atoms with Gasteiger partial charge in [0.1, 0.15) is 24.7 Å². The molecule has 32 heavy (non-hydrogen) atoms. The first-order valence-electron chi connectivity index (χ1n) is 9.06. The minimum absolute atomic E-state index is 0. The average Bonchev–Trinajstić information content (AvgIpc) is 2.68. The number of carbonyl (C=O) groups excluding carboxylic acids is 1. The van der Waals surface area contributed by atoms with Crippen molar-refractivity contribution in [3.63, 3.8) is 0 Å². The number of esters is 1. The Morgan fingerprint density at radius 2 is 1.97 bits per heavy atom. The number of amidine groups is 1. The van der Waals surface area contributed by atoms with E-state index in [1.165, 1.54) is 18.5 Å². The van der Waals surface area contributed by atoms with Crippen molar-refractivity contribution in [3.8, 4) is 11.1 Å². The summed E-state index contributed by atoms with van der Waals surface area (Å²) in [5.74, 6) is -2.30. The molecule has 1 aliphatic heterocycles. The number of hydrogen-bond acceptors (Lipinski definition) is 9. The molecule has 1 saturated heterocycles. The zero-order valence-corrected chi connectivity index (χ0v) is 17.5. The average molecular weight is 467 g/mol. The van der Waals surface area contributed by atoms with E-state index < -0.39 is 24.4 Å². The summed E-state index contributed by atoms with van der Waals surface area (Å²) in [6, 6.07) is 4.67. The van der Waals surface area contributed by atoms with E-state index in [0.717, 1.165) is 0 Å². The van der Waals surface area contributed by atoms with Crippen LogP contribution >= 0.6 is 12.4 Å². The number of halogens is 2. The molecule has 0 amide bonds. The molecule has 0 radical (unpaired) electrons. The first-order chi connectivity index (χ1) is 14.8. The Kier molecular flexibility index (Phi) is 8.41. The highest BCUT2D eigenvalue weighted by atomic mass is 35.5. The van der Waals surface area contributed by atoms with Crippen LogP contribution in [-0.4, -0.2) is 58.3 Å². The standard InChI is InChI=1S/C19H19FN6O5.ClH/c20-18-11(9-30-17(29)4-15(21)22)2-1-3-14(18)12-5-23-19(24-6-12)26-7-13(8-26)25-31-10-16(27)28;/h1-3,5-6H,4,7-10H2,(H3,21,22)(H,27,28);1H. The Balaban J connectivity index is 0.00000363. The van der Waals surface area contributed by atoms with Crippen molar-refractivity contribution < 1.29 is 28.7 Å². The second-order valence-electron chi connectivity index (χ2n) is 6.59. The van der Waals surface area contributed by atoms with E-state index in [-0.39, 0.29) is 42.4 Å². The summed E-state index contributed by atoms with van der Waals surface area (Å²) in [5.41, 5.74) is 6.66. The van der Waals surface area contributed by atoms with Gasteiger partial charge in [-0.2, -0.15) is 0 Å². The number of carbonyl (C=O) groups is 2. The number of carboxylic acids is 1. The molecule has 1 aliphatic rings. The minimum Gasteiger partial charge on any atom is -0.479 e. The zero-order valence-electron chi connectivity index (χ0n) is 16.7. The van der Waals surface area contributed by atoms with Crippen LogP contribution in [-0.2, 0) is 25.8 Å². The monoisotopic (exact) mass is 466 g/mol. The third-order valence-electron chi connectivity index (χ3n) is 4.16. The summed E-state index contributed by atoms with van der Waals surface area (Å²) >= 11 is 0. The molecular formula is C19H20ClFN6O5. The summed E-state index contributed by atoms with van der Waals surface area (Å²) in [7, 11) is 0. The van der Waals surface area contributed by atoms with Gasteiger partial charge in [0.25, 0.3) is 0 Å². The summed E-state index contributed by atoms with van der Waals surface area (Å²) in [6.45, 7) is 0.00268. The van der Waals surface area contributed by atoms with E-state index in [4.69, 9.17) is 21.0 Å². The maximum Gasteiger partial charge on any atom is 0.344 e. The van der Waals surface area contributed by atoms with E-state index in [9.17, 15) is 14.0 Å². The molecule has 0 aliphatic carbocycles. The van der Waals surface area contributed by atoms with Gasteiger partial charge in [0.2, 0.25) is 12.6 Å². The van der Waals surface area contributed by atoms with Crippen LogP contribution < -0.4 is 10.6 Å². The summed E-state index contributed by atoms with van der Waals surface area (Å²) in [5, 5.41) is 19.3. The van der Waals surface area contributed by atoms with E-state index >= 15 is 0 Å². The molecule has 1 aromatic heterocycles. The van der Waals surface area contributed by atoms with Gasteiger partial charge in [0, 0.05) is 29.1 Å². The number of rotatable bonds is 9. The van der Waals surface area contributed by atoms with Crippen molar-refractivity contribution in [2.24, 2.45) is 10.9 Å². The second-order valence-corrected chi connectivity index (χ2v) is 6.59. The van der Waals surface area contributed by atoms with Crippen LogP contribution in [0.1, 0.15) is 12.0 Å². The number of carboxylic acid groups (broad SMARTS) is 1. The number of nitrogens with one attached hydrogen (secondary N) is 1. The predicted molar refractivity (Wildman–Crippen MR) is 114 cm³/mol. The molecule has 11 nitrogen and oxygen atoms in total. The van der Waals surface area contributed by atoms with Crippen LogP contribution in [0.2, 0.25) is 0 Å². The van der Waals surface area contributed by atoms with Gasteiger partial charge in [0.05, 0.1) is 18.8 Å². The van der Waals surface area contributed by atoms with Gasteiger partial charge in [-0.3, -0.25) is 10.2 Å². The molecular weight excluding hydrogens is 447 g/mol. The third kappa shape index (κ3) is 6.35. The smallest absolute Gasteiger partial charge is 0.344 e. The summed E-state index contributed by atoms with van der Waals surface area (Å²) in [4.78, 5) is 36.8. The van der Waals surface area contributed by atoms with Gasteiger partial charge in [0.15, 0.2) is 0 Å². The molecule has 0 atom stereocenters. The van der Waals surface area contributed by atoms with Crippen molar-refractivity contribution in [1.29, 1.82) is 5.41 Å². The highest BCUT2D eigenvalue weighted by molar-refractivity contribution is 5.98. The fourth-order valence-corrected chi connectivity index (χ4v) is 2.67. The molecule has 0 spiro atoms. The van der Waals surface area contributed by atoms with E-state index in [2.05, 4.69) is 20.0 Å². The van der Waals surface area contributed by atoms with Gasteiger partial charge in [-0.15, -0.1) is 12.4 Å². The molecule has 0 bridgehead atoms. The lowest BCUT2D eigenvalue weighted by Gasteiger charge is -2.31. The number of nitrogens with two attached hydrogens (primary N) is 1. The van der Waals surface area contributed by atoms with Crippen LogP contribution in [0.25, 0.3) is 11.1 Å². The van der Waals surface area contributed by atoms with Crippen molar-refractivity contribution in [1.82, 2.24) is 9.97 Å². The van der Waals surface area contributed by atoms with Gasteiger partial charge in [-0.25, -0.2) is 19.2 Å². The molecule has 0 unspecified atom stereocenters. The Bertz CT molecular complexity index is 1030. The van der Waals surface area contributed by atoms with Crippen LogP contribution in [0, 0.1) is 11.2 Å². The lowest BCUT2D eigenvalue weighted by atomic mass is 10.1. The van der Waals surface area contributed by atoms with Crippen LogP contribution in [0.15, 0.2) is 35.7 Å². The number of hydrogen-bond donors (Lipinski definition) is 3. The number of anilines is 1. The van der Waals surface area contributed by atoms with Gasteiger partial charge < -0.3 is 25.3 Å². The molecule has 3 rings (SSSR count). The number of oxime groups is 1. The number of aliphatic carboxylic acids is 1. The Labute approximate surface area is 188 Å². The molecule has 170 valence electrons. The Morgan fingerprint density at radius 3 is 2.59 bits per heavy atom. The normalized spacial score (nSPS) is 12.3. The Hall–Kier alpha value is -3.80. The molecule has 13 heteroatoms. The second kappa shape index (κ2) is 11.0. The molecule has 1 fully saturated rings. The molecule has 4 N–H and O–H groups in total. The van der Waals surface area contributed by atoms with Gasteiger partial charge in [-0.1, -0.05) is 23.4 Å². The van der Waals surface area contributed by atoms with E-state index in [0.29, 0.717) is 30.3 Å². The topological polar surface area (TPSA) is 164 Å². The van der Waals surface area contributed by atoms with E-state index in [1.807, 2.05) is 0 Å². The number of aromatic nitrogens is 2. The quantitative estimate of drug-likeness (QED) is 0.214. The highest BCUT2D eigenvalue weighted by Crippen LogP contribution is 2.26. The molecule has 1 aromatic carbocycles. The Morgan fingerprint density at radius 1 is 1.28 bits per heavy atom. The molecule has 0 saturated carbocycles. The maximum absolute atomic E-state index is 14.8. The maximum atomic E-state index is 14.8. The SMILES string of the molecule is Cl.N=C(N)CC(=O)OCc1cccc(-c2cnc(N3CC(=NOCC(=O)O)C3)nc2)c1F. The van der Waals surface area contributed by atoms with Crippen molar-refractivity contribution in [2.75, 3.05) is 24.6 Å². The van der Waals surface area contributed by atoms with Crippen molar-refractivity contribution >= 4 is 41.8 Å². The lowest BCUT2D eigenvalue weighted by molar-refractivity contribution is -0.144. The van der Waals surface area contributed by atoms with E-state index in [1.54, 1.807) is 17.0 Å². The zero-order chi connectivity index (χ0) is 22.4. The third-order valence-corrected chi connectivity index (χ3v) is 4.16. The van der Waals surface area contributed by atoms with Crippen LogP contribution in [0.4, 0.5) is 10.3 Å². The van der Waals surface area contributed by atoms with Crippen LogP contribution in [0.3, 0.4) is 0 Å². The summed E-state index contributed by atoms with van der Waals surface area (Å²) in [6.07, 6.45) is 2.59. The summed E-state index contributed by atoms with van der Waals surface area (Å²) < 4.78 is 19.8. The molecule has 2 heterocycles. The van der Waals surface area contributed by atoms with Crippen molar-refractivity contribution in [2.45, 2.75) is 13.0 Å². The number of ether oxygens (including phenoxy) is 1. The van der Waals surface area contributed by atoms with Crippen molar-refractivity contribution in [3.05, 3.63) is 42.0 Å². The highest BCUT2D eigenvalue weighted by Gasteiger charge is 2.25. The van der Waals surface area contributed by atoms with Crippen LogP contribution in [0.5, 0.6) is 0 Å². The molecule has 2 aromatic rings. The van der Waals surface area contributed by atoms with Gasteiger partial charge >= 0.3 is 11.9 Å². The first kappa shape index (κ1) is 24.5. The first-order valence-corrected chi connectivity index (χ1v) is 9.06. The largest absolute Gasteiger partial charge is 0.479 e. The predicted octanol–water partition coefficient (Wildman–Crippen LogP) is 1.35. The number of nitrogens with zero attached hydrogens (tertiary/aromatic N) is 4. The fourth-order valence-electron chi connectivity index (χ4n) is 2.67. The van der Waals surface area contributed by atoms with Gasteiger partial charge in [-0.05, 0) is 0 Å². The number of benzene rings is 1. The minimum atomic E-state index is -1.11. The lowest BCUT2D eigenvalue weighted by Crippen LogP contribution is -2.48.